The summed E-state index contributed by atoms with van der Waals surface area (Å²) in [5.74, 6) is 0.756. The fraction of sp³-hybridized carbons (Fsp3) is 0.550. The first-order chi connectivity index (χ1) is 12.8. The second kappa shape index (κ2) is 9.90. The molecule has 5 nitrogen and oxygen atoms in total. The Bertz CT molecular complexity index is 676. The molecule has 1 fully saturated rings. The number of benzene rings is 1. The molecule has 0 radical (unpaired) electrons. The summed E-state index contributed by atoms with van der Waals surface area (Å²) in [4.78, 5) is 7.78. The molecule has 0 bridgehead atoms. The topological polar surface area (TPSA) is 59.9 Å². The molecule has 2 aromatic rings. The number of nitrogens with one attached hydrogen (secondary N) is 2. The Morgan fingerprint density at radius 1 is 1.23 bits per heavy atom. The fourth-order valence-corrected chi connectivity index (χ4v) is 4.41. The number of fused-ring (bicyclic) bond motifs is 1. The lowest BCUT2D eigenvalue weighted by Crippen LogP contribution is -2.39. The van der Waals surface area contributed by atoms with Crippen molar-refractivity contribution < 1.29 is 5.11 Å². The lowest BCUT2D eigenvalue weighted by molar-refractivity contribution is 0.184. The quantitative estimate of drug-likeness (QED) is 0.378. The standard InChI is InChI=1S/C20H30N4OS/c1-21-20(22-10-4-5-11-24-12-6-7-13-24)23-15-17(25)19-14-16-8-2-3-9-18(16)26-19/h2-3,8-9,14,17,25H,4-7,10-13,15H2,1H3,(H2,21,22,23). The minimum Gasteiger partial charge on any atom is -0.386 e. The zero-order valence-electron chi connectivity index (χ0n) is 15.6. The van der Waals surface area contributed by atoms with Crippen LogP contribution in [0.3, 0.4) is 0 Å². The summed E-state index contributed by atoms with van der Waals surface area (Å²) in [7, 11) is 1.77. The van der Waals surface area contributed by atoms with Crippen LogP contribution in [0.15, 0.2) is 35.3 Å². The van der Waals surface area contributed by atoms with Gasteiger partial charge in [-0.05, 0) is 62.8 Å². The molecule has 1 unspecified atom stereocenters. The fourth-order valence-electron chi connectivity index (χ4n) is 3.35. The van der Waals surface area contributed by atoms with Crippen LogP contribution in [0.4, 0.5) is 0 Å². The molecule has 1 saturated heterocycles. The molecule has 1 aromatic heterocycles. The highest BCUT2D eigenvalue weighted by Crippen LogP contribution is 2.29. The van der Waals surface area contributed by atoms with Crippen LogP contribution in [0, 0.1) is 0 Å². The highest BCUT2D eigenvalue weighted by atomic mass is 32.1. The molecule has 2 heterocycles. The maximum atomic E-state index is 10.5. The number of likely N-dealkylation sites (tertiary alicyclic amines) is 1. The largest absolute Gasteiger partial charge is 0.386 e. The summed E-state index contributed by atoms with van der Waals surface area (Å²) >= 11 is 1.65. The molecule has 1 aliphatic heterocycles. The van der Waals surface area contributed by atoms with Gasteiger partial charge in [-0.25, -0.2) is 0 Å². The van der Waals surface area contributed by atoms with Gasteiger partial charge in [-0.1, -0.05) is 18.2 Å². The number of hydrogen-bond donors (Lipinski definition) is 3. The Morgan fingerprint density at radius 2 is 2.04 bits per heavy atom. The van der Waals surface area contributed by atoms with Gasteiger partial charge in [0, 0.05) is 29.7 Å². The minimum absolute atomic E-state index is 0.459. The predicted octanol–water partition coefficient (Wildman–Crippen LogP) is 2.98. The van der Waals surface area contributed by atoms with Crippen molar-refractivity contribution in [2.75, 3.05) is 39.8 Å². The molecule has 1 aliphatic rings. The van der Waals surface area contributed by atoms with Gasteiger partial charge in [0.15, 0.2) is 5.96 Å². The van der Waals surface area contributed by atoms with Crippen LogP contribution in [-0.2, 0) is 0 Å². The molecule has 0 aliphatic carbocycles. The number of aliphatic hydroxyl groups is 1. The average molecular weight is 375 g/mol. The average Bonchev–Trinajstić information content (AvgIpc) is 3.33. The second-order valence-electron chi connectivity index (χ2n) is 6.84. The molecule has 3 N–H and O–H groups in total. The number of rotatable bonds is 8. The molecular weight excluding hydrogens is 344 g/mol. The summed E-state index contributed by atoms with van der Waals surface area (Å²) in [5.41, 5.74) is 0. The van der Waals surface area contributed by atoms with Crippen molar-refractivity contribution >= 4 is 27.4 Å². The Kier molecular flexibility index (Phi) is 7.29. The number of thiophene rings is 1. The minimum atomic E-state index is -0.527. The smallest absolute Gasteiger partial charge is 0.191 e. The van der Waals surface area contributed by atoms with Crippen LogP contribution in [0.5, 0.6) is 0 Å². The maximum Gasteiger partial charge on any atom is 0.191 e. The first-order valence-electron chi connectivity index (χ1n) is 9.59. The van der Waals surface area contributed by atoms with Gasteiger partial charge in [-0.2, -0.15) is 0 Å². The molecule has 0 spiro atoms. The third kappa shape index (κ3) is 5.43. The van der Waals surface area contributed by atoms with Gasteiger partial charge in [0.25, 0.3) is 0 Å². The molecule has 0 amide bonds. The normalized spacial score (nSPS) is 16.9. The summed E-state index contributed by atoms with van der Waals surface area (Å²) < 4.78 is 1.21. The van der Waals surface area contributed by atoms with Crippen molar-refractivity contribution in [2.24, 2.45) is 4.99 Å². The van der Waals surface area contributed by atoms with Gasteiger partial charge in [0.05, 0.1) is 0 Å². The van der Waals surface area contributed by atoms with Crippen molar-refractivity contribution in [3.63, 3.8) is 0 Å². The highest BCUT2D eigenvalue weighted by molar-refractivity contribution is 7.19. The summed E-state index contributed by atoms with van der Waals surface area (Å²) in [5, 5.41) is 18.2. The van der Waals surface area contributed by atoms with Gasteiger partial charge in [-0.3, -0.25) is 4.99 Å². The summed E-state index contributed by atoms with van der Waals surface area (Å²) in [6.07, 6.45) is 4.54. The predicted molar refractivity (Wildman–Crippen MR) is 111 cm³/mol. The zero-order chi connectivity index (χ0) is 18.2. The van der Waals surface area contributed by atoms with Gasteiger partial charge < -0.3 is 20.6 Å². The van der Waals surface area contributed by atoms with Crippen LogP contribution in [0.2, 0.25) is 0 Å². The van der Waals surface area contributed by atoms with Gasteiger partial charge in [0.1, 0.15) is 6.10 Å². The number of aliphatic imine (C=N–C) groups is 1. The SMILES string of the molecule is CN=C(NCCCCN1CCCC1)NCC(O)c1cc2ccccc2s1. The Balaban J connectivity index is 1.36. The van der Waals surface area contributed by atoms with Crippen molar-refractivity contribution in [3.8, 4) is 0 Å². The van der Waals surface area contributed by atoms with E-state index in [2.05, 4.69) is 38.7 Å². The molecule has 1 atom stereocenters. The first-order valence-corrected chi connectivity index (χ1v) is 10.4. The summed E-state index contributed by atoms with van der Waals surface area (Å²) in [6.45, 7) is 5.11. The van der Waals surface area contributed by atoms with E-state index >= 15 is 0 Å². The van der Waals surface area contributed by atoms with Gasteiger partial charge >= 0.3 is 0 Å². The monoisotopic (exact) mass is 374 g/mol. The van der Waals surface area contributed by atoms with Gasteiger partial charge in [0.2, 0.25) is 0 Å². The van der Waals surface area contributed by atoms with Crippen LogP contribution >= 0.6 is 11.3 Å². The lowest BCUT2D eigenvalue weighted by atomic mass is 10.2. The van der Waals surface area contributed by atoms with E-state index in [1.54, 1.807) is 18.4 Å². The molecule has 6 heteroatoms. The number of hydrogen-bond acceptors (Lipinski definition) is 4. The number of nitrogens with zero attached hydrogens (tertiary/aromatic N) is 2. The molecule has 3 rings (SSSR count). The van der Waals surface area contributed by atoms with E-state index in [4.69, 9.17) is 0 Å². The van der Waals surface area contributed by atoms with Crippen LogP contribution in [0.25, 0.3) is 10.1 Å². The number of unbranched alkanes of at least 4 members (excludes halogenated alkanes) is 1. The summed E-state index contributed by atoms with van der Waals surface area (Å²) in [6, 6.07) is 10.3. The van der Waals surface area contributed by atoms with E-state index in [1.165, 1.54) is 49.0 Å². The molecule has 142 valence electrons. The molecular formula is C20H30N4OS. The van der Waals surface area contributed by atoms with E-state index in [-0.39, 0.29) is 0 Å². The zero-order valence-corrected chi connectivity index (χ0v) is 16.4. The first kappa shape index (κ1) is 19.1. The third-order valence-corrected chi connectivity index (χ3v) is 6.07. The second-order valence-corrected chi connectivity index (χ2v) is 7.95. The Labute approximate surface area is 160 Å². The maximum absolute atomic E-state index is 10.5. The Morgan fingerprint density at radius 3 is 2.81 bits per heavy atom. The highest BCUT2D eigenvalue weighted by Gasteiger charge is 2.12. The molecule has 0 saturated carbocycles. The Hall–Kier alpha value is -1.63. The van der Waals surface area contributed by atoms with Crippen molar-refractivity contribution in [2.45, 2.75) is 31.8 Å². The van der Waals surface area contributed by atoms with E-state index < -0.39 is 6.10 Å². The van der Waals surface area contributed by atoms with E-state index in [9.17, 15) is 5.11 Å². The third-order valence-electron chi connectivity index (χ3n) is 4.85. The number of guanidine groups is 1. The molecule has 26 heavy (non-hydrogen) atoms. The van der Waals surface area contributed by atoms with Gasteiger partial charge in [-0.15, -0.1) is 11.3 Å². The van der Waals surface area contributed by atoms with Crippen molar-refractivity contribution in [3.05, 3.63) is 35.2 Å². The van der Waals surface area contributed by atoms with E-state index in [0.717, 1.165) is 23.8 Å². The number of aliphatic hydroxyl groups excluding tert-OH is 1. The van der Waals surface area contributed by atoms with Crippen molar-refractivity contribution in [1.82, 2.24) is 15.5 Å². The van der Waals surface area contributed by atoms with Crippen LogP contribution < -0.4 is 10.6 Å². The van der Waals surface area contributed by atoms with E-state index in [0.29, 0.717) is 6.54 Å². The van der Waals surface area contributed by atoms with Crippen molar-refractivity contribution in [1.29, 1.82) is 0 Å². The lowest BCUT2D eigenvalue weighted by Gasteiger charge is -2.16. The van der Waals surface area contributed by atoms with Crippen LogP contribution in [0.1, 0.15) is 36.7 Å². The van der Waals surface area contributed by atoms with Crippen LogP contribution in [-0.4, -0.2) is 55.7 Å². The van der Waals surface area contributed by atoms with E-state index in [1.807, 2.05) is 12.1 Å². The molecule has 1 aromatic carbocycles.